The summed E-state index contributed by atoms with van der Waals surface area (Å²) in [7, 11) is 1.46. The molecule has 16 heavy (non-hydrogen) atoms. The summed E-state index contributed by atoms with van der Waals surface area (Å²) < 4.78 is 31.2. The fraction of sp³-hybridized carbons (Fsp3) is 0.0833. The molecule has 0 atom stereocenters. The zero-order chi connectivity index (χ0) is 11.5. The summed E-state index contributed by atoms with van der Waals surface area (Å²) in [6, 6.07) is 8.55. The van der Waals surface area contributed by atoms with Gasteiger partial charge in [0.2, 0.25) is 0 Å². The Morgan fingerprint density at radius 1 is 1.38 bits per heavy atom. The average molecular weight is 220 g/mol. The second-order valence-electron chi connectivity index (χ2n) is 3.10. The van der Waals surface area contributed by atoms with E-state index in [1.165, 1.54) is 7.11 Å². The van der Waals surface area contributed by atoms with E-state index in [4.69, 9.17) is 4.74 Å². The molecule has 2 aromatic rings. The molecule has 0 bridgehead atoms. The molecule has 1 aromatic carbocycles. The van der Waals surface area contributed by atoms with Crippen LogP contribution in [0, 0.1) is 17.7 Å². The molecule has 0 saturated carbocycles. The van der Waals surface area contributed by atoms with Crippen molar-refractivity contribution in [3.8, 4) is 17.0 Å². The quantitative estimate of drug-likeness (QED) is 0.776. The Hall–Kier alpha value is -1.97. The van der Waals surface area contributed by atoms with Crippen LogP contribution in [0.25, 0.3) is 11.3 Å². The van der Waals surface area contributed by atoms with Gasteiger partial charge in [-0.05, 0) is 6.07 Å². The summed E-state index contributed by atoms with van der Waals surface area (Å²) in [5, 5.41) is 0. The molecular weight excluding hydrogens is 212 g/mol. The predicted octanol–water partition coefficient (Wildman–Crippen LogP) is 2.84. The van der Waals surface area contributed by atoms with Crippen molar-refractivity contribution < 1.29 is 13.5 Å². The van der Waals surface area contributed by atoms with Crippen LogP contribution in [-0.2, 0) is 0 Å². The van der Waals surface area contributed by atoms with Crippen LogP contribution in [-0.4, -0.2) is 12.1 Å². The first-order valence-electron chi connectivity index (χ1n) is 4.58. The van der Waals surface area contributed by atoms with Crippen molar-refractivity contribution in [2.45, 2.75) is 0 Å². The lowest BCUT2D eigenvalue weighted by molar-refractivity contribution is 0.415. The minimum absolute atomic E-state index is 0.0510. The molecule has 2 nitrogen and oxygen atoms in total. The first-order valence-corrected chi connectivity index (χ1v) is 4.58. The van der Waals surface area contributed by atoms with E-state index in [-0.39, 0.29) is 5.69 Å². The van der Waals surface area contributed by atoms with Crippen LogP contribution in [0.15, 0.2) is 30.5 Å². The fourth-order valence-corrected chi connectivity index (χ4v) is 1.39. The number of para-hydroxylation sites is 1. The molecular formula is C12H8F2NO. The second kappa shape index (κ2) is 4.26. The highest BCUT2D eigenvalue weighted by Crippen LogP contribution is 2.29. The second-order valence-corrected chi connectivity index (χ2v) is 3.10. The number of ether oxygens (including phenoxy) is 1. The van der Waals surface area contributed by atoms with Crippen LogP contribution in [0.1, 0.15) is 0 Å². The van der Waals surface area contributed by atoms with Crippen molar-refractivity contribution in [2.24, 2.45) is 0 Å². The smallest absolute Gasteiger partial charge is 0.152 e. The summed E-state index contributed by atoms with van der Waals surface area (Å²) in [4.78, 5) is 3.71. The average Bonchev–Trinajstić information content (AvgIpc) is 2.29. The number of hydrogen-bond donors (Lipinski definition) is 0. The molecule has 0 spiro atoms. The third kappa shape index (κ3) is 1.86. The Morgan fingerprint density at radius 2 is 2.19 bits per heavy atom. The highest BCUT2D eigenvalue weighted by atomic mass is 19.1. The van der Waals surface area contributed by atoms with Gasteiger partial charge in [0.25, 0.3) is 0 Å². The van der Waals surface area contributed by atoms with E-state index in [9.17, 15) is 8.78 Å². The van der Waals surface area contributed by atoms with Gasteiger partial charge in [0.05, 0.1) is 13.3 Å². The fourth-order valence-electron chi connectivity index (χ4n) is 1.39. The number of methoxy groups -OCH3 is 1. The van der Waals surface area contributed by atoms with Gasteiger partial charge in [-0.2, -0.15) is 0 Å². The van der Waals surface area contributed by atoms with Gasteiger partial charge >= 0.3 is 0 Å². The van der Waals surface area contributed by atoms with Gasteiger partial charge in [-0.15, -0.1) is 0 Å². The number of nitrogens with zero attached hydrogens (tertiary/aromatic N) is 1. The molecule has 0 aliphatic carbocycles. The maximum absolute atomic E-state index is 13.5. The van der Waals surface area contributed by atoms with Crippen molar-refractivity contribution in [1.29, 1.82) is 0 Å². The molecule has 2 rings (SSSR count). The van der Waals surface area contributed by atoms with Gasteiger partial charge in [-0.1, -0.05) is 12.1 Å². The third-order valence-electron chi connectivity index (χ3n) is 2.09. The maximum atomic E-state index is 13.5. The van der Waals surface area contributed by atoms with E-state index in [1.54, 1.807) is 18.2 Å². The van der Waals surface area contributed by atoms with Crippen molar-refractivity contribution in [3.05, 3.63) is 48.2 Å². The van der Waals surface area contributed by atoms with Crippen molar-refractivity contribution in [3.63, 3.8) is 0 Å². The monoisotopic (exact) mass is 220 g/mol. The molecule has 0 aliphatic rings. The first-order chi connectivity index (χ1) is 7.72. The lowest BCUT2D eigenvalue weighted by Crippen LogP contribution is -1.94. The summed E-state index contributed by atoms with van der Waals surface area (Å²) in [5.41, 5.74) is 0.498. The largest absolute Gasteiger partial charge is 0.495 e. The highest BCUT2D eigenvalue weighted by Gasteiger charge is 2.12. The van der Waals surface area contributed by atoms with Gasteiger partial charge < -0.3 is 4.74 Å². The molecule has 0 amide bonds. The van der Waals surface area contributed by atoms with Crippen LogP contribution >= 0.6 is 0 Å². The molecule has 4 heteroatoms. The maximum Gasteiger partial charge on any atom is 0.152 e. The van der Waals surface area contributed by atoms with Crippen molar-refractivity contribution >= 4 is 0 Å². The number of rotatable bonds is 2. The van der Waals surface area contributed by atoms with E-state index in [0.717, 1.165) is 12.3 Å². The summed E-state index contributed by atoms with van der Waals surface area (Å²) in [5.74, 6) is -1.06. The lowest BCUT2D eigenvalue weighted by Gasteiger charge is -2.07. The van der Waals surface area contributed by atoms with Crippen LogP contribution in [0.3, 0.4) is 0 Å². The zero-order valence-corrected chi connectivity index (χ0v) is 8.50. The van der Waals surface area contributed by atoms with E-state index in [2.05, 4.69) is 11.1 Å². The molecule has 0 aliphatic heterocycles. The predicted molar refractivity (Wildman–Crippen MR) is 55.0 cm³/mol. The Morgan fingerprint density at radius 3 is 2.88 bits per heavy atom. The zero-order valence-electron chi connectivity index (χ0n) is 8.50. The van der Waals surface area contributed by atoms with E-state index in [0.29, 0.717) is 11.3 Å². The van der Waals surface area contributed by atoms with Crippen molar-refractivity contribution in [1.82, 2.24) is 4.98 Å². The first kappa shape index (κ1) is 10.5. The standard InChI is InChI=1S/C12H8F2NO/c1-16-11-5-3-2-4-9(11)12-10(14)6-8(13)7-15-12/h2-4,6-7H,1H3. The third-order valence-corrected chi connectivity index (χ3v) is 2.09. The number of hydrogen-bond acceptors (Lipinski definition) is 2. The Labute approximate surface area is 91.5 Å². The number of pyridine rings is 1. The molecule has 1 heterocycles. The number of halogens is 2. The van der Waals surface area contributed by atoms with Crippen LogP contribution < -0.4 is 4.74 Å². The topological polar surface area (TPSA) is 22.1 Å². The molecule has 81 valence electrons. The summed E-state index contributed by atoms with van der Waals surface area (Å²) in [6.45, 7) is 0. The van der Waals surface area contributed by atoms with Gasteiger partial charge in [0, 0.05) is 17.7 Å². The van der Waals surface area contributed by atoms with E-state index in [1.807, 2.05) is 0 Å². The molecule has 0 unspecified atom stereocenters. The van der Waals surface area contributed by atoms with Crippen LogP contribution in [0.4, 0.5) is 8.78 Å². The summed E-state index contributed by atoms with van der Waals surface area (Å²) in [6.07, 6.45) is 0.963. The van der Waals surface area contributed by atoms with E-state index >= 15 is 0 Å². The van der Waals surface area contributed by atoms with Crippen molar-refractivity contribution in [2.75, 3.05) is 7.11 Å². The summed E-state index contributed by atoms with van der Waals surface area (Å²) >= 11 is 0. The molecule has 1 radical (unpaired) electrons. The minimum atomic E-state index is -0.724. The molecule has 0 saturated heterocycles. The minimum Gasteiger partial charge on any atom is -0.495 e. The van der Waals surface area contributed by atoms with Gasteiger partial charge in [0.15, 0.2) is 5.82 Å². The SMILES string of the molecule is COc1[c]cccc1-c1ncc(F)cc1F. The number of benzene rings is 1. The Kier molecular flexibility index (Phi) is 2.81. The van der Waals surface area contributed by atoms with Gasteiger partial charge in [0.1, 0.15) is 17.3 Å². The number of aromatic nitrogens is 1. The van der Waals surface area contributed by atoms with Gasteiger partial charge in [-0.3, -0.25) is 0 Å². The molecule has 0 fully saturated rings. The van der Waals surface area contributed by atoms with Crippen LogP contribution in [0.2, 0.25) is 0 Å². The Balaban J connectivity index is 2.58. The van der Waals surface area contributed by atoms with Gasteiger partial charge in [-0.25, -0.2) is 13.8 Å². The Bertz CT molecular complexity index is 514. The normalized spacial score (nSPS) is 10.2. The lowest BCUT2D eigenvalue weighted by atomic mass is 10.1. The highest BCUT2D eigenvalue weighted by molar-refractivity contribution is 5.67. The molecule has 1 aromatic heterocycles. The van der Waals surface area contributed by atoms with E-state index < -0.39 is 11.6 Å². The van der Waals surface area contributed by atoms with Crippen LogP contribution in [0.5, 0.6) is 5.75 Å². The molecule has 0 N–H and O–H groups in total.